The Bertz CT molecular complexity index is 1110. The van der Waals surface area contributed by atoms with Crippen LogP contribution in [0.1, 0.15) is 29.5 Å². The summed E-state index contributed by atoms with van der Waals surface area (Å²) in [6.07, 6.45) is 1.40. The zero-order valence-electron chi connectivity index (χ0n) is 17.8. The second-order valence-electron chi connectivity index (χ2n) is 7.87. The van der Waals surface area contributed by atoms with Crippen LogP contribution in [0.25, 0.3) is 10.6 Å². The first kappa shape index (κ1) is 21.0. The Morgan fingerprint density at radius 2 is 1.74 bits per heavy atom. The first-order valence-electron chi connectivity index (χ1n) is 10.3. The van der Waals surface area contributed by atoms with Crippen LogP contribution in [0.2, 0.25) is 0 Å². The smallest absolute Gasteiger partial charge is 0.312 e. The van der Waals surface area contributed by atoms with Crippen LogP contribution in [0.3, 0.4) is 0 Å². The summed E-state index contributed by atoms with van der Waals surface area (Å²) in [6, 6.07) is 13.1. The molecule has 0 saturated carbocycles. The number of carbonyl (C=O) groups is 2. The highest BCUT2D eigenvalue weighted by molar-refractivity contribution is 7.18. The van der Waals surface area contributed by atoms with Gasteiger partial charge in [-0.3, -0.25) is 10.1 Å². The summed E-state index contributed by atoms with van der Waals surface area (Å²) in [5, 5.41) is 15.2. The molecule has 0 radical (unpaired) electrons. The predicted molar refractivity (Wildman–Crippen MR) is 123 cm³/mol. The van der Waals surface area contributed by atoms with E-state index in [0.717, 1.165) is 33.8 Å². The zero-order valence-corrected chi connectivity index (χ0v) is 18.6. The maximum absolute atomic E-state index is 12.9. The molecule has 1 aliphatic heterocycles. The van der Waals surface area contributed by atoms with Crippen molar-refractivity contribution in [2.45, 2.75) is 39.7 Å². The number of urea groups is 1. The van der Waals surface area contributed by atoms with Gasteiger partial charge >= 0.3 is 6.03 Å². The van der Waals surface area contributed by atoms with Crippen LogP contribution in [0, 0.1) is 20.8 Å². The second kappa shape index (κ2) is 8.85. The van der Waals surface area contributed by atoms with Crippen LogP contribution in [-0.4, -0.2) is 39.6 Å². The third kappa shape index (κ3) is 4.74. The molecule has 2 N–H and O–H groups in total. The number of nitrogens with zero attached hydrogens (tertiary/aromatic N) is 3. The van der Waals surface area contributed by atoms with E-state index in [1.54, 1.807) is 4.90 Å². The van der Waals surface area contributed by atoms with Gasteiger partial charge in [0.15, 0.2) is 0 Å². The summed E-state index contributed by atoms with van der Waals surface area (Å²) in [5.41, 5.74) is 5.01. The molecule has 1 saturated heterocycles. The van der Waals surface area contributed by atoms with Gasteiger partial charge in [0.05, 0.1) is 0 Å². The first-order valence-corrected chi connectivity index (χ1v) is 11.1. The number of rotatable bonds is 4. The molecule has 1 fully saturated rings. The van der Waals surface area contributed by atoms with E-state index in [-0.39, 0.29) is 11.9 Å². The number of hydrogen-bond donors (Lipinski definition) is 2. The monoisotopic (exact) mass is 435 g/mol. The molecule has 31 heavy (non-hydrogen) atoms. The van der Waals surface area contributed by atoms with Gasteiger partial charge in [-0.25, -0.2) is 4.79 Å². The SMILES string of the molecule is Cc1ccc(-c2nnc(NC(=O)C3CCCN3C(=O)Nc3ccc(C)cc3C)s2)cc1. The molecule has 1 atom stereocenters. The Morgan fingerprint density at radius 1 is 1.00 bits per heavy atom. The van der Waals surface area contributed by atoms with E-state index in [4.69, 9.17) is 0 Å². The fraction of sp³-hybridized carbons (Fsp3) is 0.304. The summed E-state index contributed by atoms with van der Waals surface area (Å²) in [5.74, 6) is -0.236. The van der Waals surface area contributed by atoms with Crippen molar-refractivity contribution in [3.8, 4) is 10.6 Å². The van der Waals surface area contributed by atoms with Gasteiger partial charge in [-0.05, 0) is 45.2 Å². The molecule has 8 heteroatoms. The number of carbonyl (C=O) groups excluding carboxylic acids is 2. The van der Waals surface area contributed by atoms with Gasteiger partial charge in [-0.2, -0.15) is 0 Å². The lowest BCUT2D eigenvalue weighted by molar-refractivity contribution is -0.119. The molecule has 1 aliphatic rings. The number of nitrogens with one attached hydrogen (secondary N) is 2. The molecule has 2 heterocycles. The molecule has 4 rings (SSSR count). The predicted octanol–water partition coefficient (Wildman–Crippen LogP) is 4.77. The highest BCUT2D eigenvalue weighted by Gasteiger charge is 2.34. The zero-order chi connectivity index (χ0) is 22.0. The number of aromatic nitrogens is 2. The van der Waals surface area contributed by atoms with Crippen LogP contribution < -0.4 is 10.6 Å². The molecule has 0 aliphatic carbocycles. The van der Waals surface area contributed by atoms with E-state index in [0.29, 0.717) is 18.1 Å². The average Bonchev–Trinajstić information content (AvgIpc) is 3.40. The van der Waals surface area contributed by atoms with Gasteiger partial charge in [-0.15, -0.1) is 10.2 Å². The molecule has 3 amide bonds. The number of likely N-dealkylation sites (tertiary alicyclic amines) is 1. The van der Waals surface area contributed by atoms with Gasteiger partial charge in [0, 0.05) is 17.8 Å². The molecular formula is C23H25N5O2S. The van der Waals surface area contributed by atoms with E-state index in [1.165, 1.54) is 16.9 Å². The lowest BCUT2D eigenvalue weighted by Crippen LogP contribution is -2.45. The summed E-state index contributed by atoms with van der Waals surface area (Å²) in [4.78, 5) is 27.3. The van der Waals surface area contributed by atoms with E-state index < -0.39 is 6.04 Å². The average molecular weight is 436 g/mol. The number of hydrogen-bond acceptors (Lipinski definition) is 5. The maximum Gasteiger partial charge on any atom is 0.322 e. The van der Waals surface area contributed by atoms with E-state index in [9.17, 15) is 9.59 Å². The topological polar surface area (TPSA) is 87.2 Å². The normalized spacial score (nSPS) is 15.7. The Labute approximate surface area is 185 Å². The molecule has 0 bridgehead atoms. The molecule has 160 valence electrons. The van der Waals surface area contributed by atoms with Crippen molar-refractivity contribution in [2.75, 3.05) is 17.2 Å². The quantitative estimate of drug-likeness (QED) is 0.618. The maximum atomic E-state index is 12.9. The van der Waals surface area contributed by atoms with Crippen LogP contribution in [-0.2, 0) is 4.79 Å². The molecule has 7 nitrogen and oxygen atoms in total. The minimum Gasteiger partial charge on any atom is -0.312 e. The summed E-state index contributed by atoms with van der Waals surface area (Å²) < 4.78 is 0. The van der Waals surface area contributed by atoms with Gasteiger partial charge in [0.25, 0.3) is 0 Å². The largest absolute Gasteiger partial charge is 0.322 e. The standard InChI is InChI=1S/C23H25N5O2S/c1-14-6-9-17(10-7-14)21-26-27-22(31-21)25-20(29)19-5-4-12-28(19)23(30)24-18-11-8-15(2)13-16(18)3/h6-11,13,19H,4-5,12H2,1-3H3,(H,24,30)(H,25,27,29). The highest BCUT2D eigenvalue weighted by atomic mass is 32.1. The Morgan fingerprint density at radius 3 is 2.48 bits per heavy atom. The Hall–Kier alpha value is -3.26. The lowest BCUT2D eigenvalue weighted by Gasteiger charge is -2.24. The molecule has 3 aromatic rings. The van der Waals surface area contributed by atoms with Crippen LogP contribution in [0.4, 0.5) is 15.6 Å². The van der Waals surface area contributed by atoms with Crippen molar-refractivity contribution in [3.05, 3.63) is 59.2 Å². The minimum absolute atomic E-state index is 0.236. The van der Waals surface area contributed by atoms with Crippen molar-refractivity contribution >= 4 is 34.1 Å². The fourth-order valence-electron chi connectivity index (χ4n) is 3.70. The van der Waals surface area contributed by atoms with Crippen LogP contribution >= 0.6 is 11.3 Å². The molecule has 0 spiro atoms. The number of aryl methyl sites for hydroxylation is 3. The van der Waals surface area contributed by atoms with Gasteiger partial charge in [-0.1, -0.05) is 58.9 Å². The number of anilines is 2. The van der Waals surface area contributed by atoms with Gasteiger partial charge < -0.3 is 10.2 Å². The van der Waals surface area contributed by atoms with E-state index in [2.05, 4.69) is 20.8 Å². The summed E-state index contributed by atoms with van der Waals surface area (Å²) >= 11 is 1.32. The second-order valence-corrected chi connectivity index (χ2v) is 8.85. The fourth-order valence-corrected chi connectivity index (χ4v) is 4.45. The van der Waals surface area contributed by atoms with Gasteiger partial charge in [0.1, 0.15) is 11.0 Å². The van der Waals surface area contributed by atoms with Crippen LogP contribution in [0.5, 0.6) is 0 Å². The third-order valence-electron chi connectivity index (χ3n) is 5.39. The van der Waals surface area contributed by atoms with Crippen LogP contribution in [0.15, 0.2) is 42.5 Å². The third-order valence-corrected chi connectivity index (χ3v) is 6.28. The first-order chi connectivity index (χ1) is 14.9. The van der Waals surface area contributed by atoms with Crippen molar-refractivity contribution in [2.24, 2.45) is 0 Å². The highest BCUT2D eigenvalue weighted by Crippen LogP contribution is 2.28. The molecular weight excluding hydrogens is 410 g/mol. The van der Waals surface area contributed by atoms with Crippen molar-refractivity contribution in [1.29, 1.82) is 0 Å². The molecule has 1 aromatic heterocycles. The number of amides is 3. The lowest BCUT2D eigenvalue weighted by atomic mass is 10.1. The Kier molecular flexibility index (Phi) is 5.99. The van der Waals surface area contributed by atoms with E-state index >= 15 is 0 Å². The van der Waals surface area contributed by atoms with Crippen molar-refractivity contribution in [3.63, 3.8) is 0 Å². The minimum atomic E-state index is -0.530. The Balaban J connectivity index is 1.42. The summed E-state index contributed by atoms with van der Waals surface area (Å²) in [7, 11) is 0. The van der Waals surface area contributed by atoms with Crippen molar-refractivity contribution < 1.29 is 9.59 Å². The van der Waals surface area contributed by atoms with Gasteiger partial charge in [0.2, 0.25) is 11.0 Å². The van der Waals surface area contributed by atoms with E-state index in [1.807, 2.05) is 63.2 Å². The van der Waals surface area contributed by atoms with Crippen molar-refractivity contribution in [1.82, 2.24) is 15.1 Å². The number of benzene rings is 2. The molecule has 2 aromatic carbocycles. The molecule has 1 unspecified atom stereocenters. The summed E-state index contributed by atoms with van der Waals surface area (Å²) in [6.45, 7) is 6.54.